The first-order valence-electron chi connectivity index (χ1n) is 8.11. The van der Waals surface area contributed by atoms with Gasteiger partial charge in [-0.3, -0.25) is 4.79 Å². The van der Waals surface area contributed by atoms with Crippen molar-refractivity contribution in [3.8, 4) is 17.2 Å². The van der Waals surface area contributed by atoms with Gasteiger partial charge in [0, 0.05) is 11.8 Å². The second-order valence-corrected chi connectivity index (χ2v) is 6.12. The first kappa shape index (κ1) is 16.3. The number of rotatable bonds is 5. The van der Waals surface area contributed by atoms with Crippen molar-refractivity contribution in [1.29, 1.82) is 0 Å². The minimum absolute atomic E-state index is 0.110. The molecule has 2 aromatic carbocycles. The van der Waals surface area contributed by atoms with E-state index in [4.69, 9.17) is 15.2 Å². The summed E-state index contributed by atoms with van der Waals surface area (Å²) in [6.45, 7) is 0. The summed E-state index contributed by atoms with van der Waals surface area (Å²) < 4.78 is 11.0. The van der Waals surface area contributed by atoms with E-state index in [0.717, 1.165) is 37.1 Å². The molecule has 0 spiro atoms. The Bertz CT molecular complexity index is 707. The summed E-state index contributed by atoms with van der Waals surface area (Å²) in [5, 5.41) is 2.89. The number of nitrogens with one attached hydrogen (secondary N) is 1. The lowest BCUT2D eigenvalue weighted by molar-refractivity contribution is -0.121. The molecular formula is C19H22N2O3. The molecule has 1 aliphatic carbocycles. The van der Waals surface area contributed by atoms with Gasteiger partial charge in [0.15, 0.2) is 0 Å². The lowest BCUT2D eigenvalue weighted by atomic mass is 9.98. The van der Waals surface area contributed by atoms with Crippen LogP contribution in [-0.4, -0.2) is 18.6 Å². The fourth-order valence-corrected chi connectivity index (χ4v) is 2.90. The van der Waals surface area contributed by atoms with Crippen LogP contribution < -0.4 is 20.5 Å². The van der Waals surface area contributed by atoms with E-state index in [-0.39, 0.29) is 5.91 Å². The molecule has 1 amide bonds. The predicted molar refractivity (Wildman–Crippen MR) is 93.5 cm³/mol. The maximum absolute atomic E-state index is 12.3. The SMILES string of the molecule is COc1cccc(Oc2ccc(NC(=O)C3(N)CCCC3)cc2)c1. The second kappa shape index (κ2) is 6.93. The van der Waals surface area contributed by atoms with Crippen molar-refractivity contribution in [2.75, 3.05) is 12.4 Å². The third-order valence-corrected chi connectivity index (χ3v) is 4.34. The fraction of sp³-hybridized carbons (Fsp3) is 0.316. The van der Waals surface area contributed by atoms with Gasteiger partial charge < -0.3 is 20.5 Å². The number of anilines is 1. The number of methoxy groups -OCH3 is 1. The Hall–Kier alpha value is -2.53. The van der Waals surface area contributed by atoms with Gasteiger partial charge in [0.05, 0.1) is 12.6 Å². The van der Waals surface area contributed by atoms with E-state index < -0.39 is 5.54 Å². The first-order chi connectivity index (χ1) is 11.6. The van der Waals surface area contributed by atoms with Crippen LogP contribution in [0.3, 0.4) is 0 Å². The number of carbonyl (C=O) groups excluding carboxylic acids is 1. The van der Waals surface area contributed by atoms with Crippen molar-refractivity contribution in [2.45, 2.75) is 31.2 Å². The molecule has 2 aromatic rings. The summed E-state index contributed by atoms with van der Waals surface area (Å²) >= 11 is 0. The molecule has 0 aromatic heterocycles. The van der Waals surface area contributed by atoms with Crippen LogP contribution in [-0.2, 0) is 4.79 Å². The minimum atomic E-state index is -0.726. The number of ether oxygens (including phenoxy) is 2. The normalized spacial score (nSPS) is 15.8. The maximum atomic E-state index is 12.3. The summed E-state index contributed by atoms with van der Waals surface area (Å²) in [7, 11) is 1.62. The molecule has 5 heteroatoms. The highest BCUT2D eigenvalue weighted by molar-refractivity contribution is 5.98. The van der Waals surface area contributed by atoms with Gasteiger partial charge in [-0.15, -0.1) is 0 Å². The lowest BCUT2D eigenvalue weighted by Crippen LogP contribution is -2.48. The Morgan fingerprint density at radius 2 is 1.71 bits per heavy atom. The zero-order chi connectivity index (χ0) is 17.0. The third kappa shape index (κ3) is 3.68. The van der Waals surface area contributed by atoms with Gasteiger partial charge in [-0.25, -0.2) is 0 Å². The molecule has 3 rings (SSSR count). The standard InChI is InChI=1S/C19H22N2O3/c1-23-16-5-4-6-17(13-16)24-15-9-7-14(8-10-15)21-18(22)19(20)11-2-3-12-19/h4-10,13H,2-3,11-12,20H2,1H3,(H,21,22). The molecule has 0 unspecified atom stereocenters. The smallest absolute Gasteiger partial charge is 0.244 e. The van der Waals surface area contributed by atoms with Crippen molar-refractivity contribution in [1.82, 2.24) is 0 Å². The van der Waals surface area contributed by atoms with Crippen LogP contribution >= 0.6 is 0 Å². The highest BCUT2D eigenvalue weighted by Crippen LogP contribution is 2.29. The van der Waals surface area contributed by atoms with Gasteiger partial charge in [-0.1, -0.05) is 18.9 Å². The Kier molecular flexibility index (Phi) is 4.71. The average Bonchev–Trinajstić information content (AvgIpc) is 3.05. The summed E-state index contributed by atoms with van der Waals surface area (Å²) in [5.41, 5.74) is 6.15. The molecule has 0 radical (unpaired) electrons. The van der Waals surface area contributed by atoms with Crippen molar-refractivity contribution < 1.29 is 14.3 Å². The Labute approximate surface area is 141 Å². The maximum Gasteiger partial charge on any atom is 0.244 e. The zero-order valence-electron chi connectivity index (χ0n) is 13.7. The number of carbonyl (C=O) groups is 1. The number of nitrogens with two attached hydrogens (primary N) is 1. The Morgan fingerprint density at radius 1 is 1.04 bits per heavy atom. The van der Waals surface area contributed by atoms with Crippen LogP contribution in [0.15, 0.2) is 48.5 Å². The molecule has 5 nitrogen and oxygen atoms in total. The average molecular weight is 326 g/mol. The van der Waals surface area contributed by atoms with Crippen molar-refractivity contribution >= 4 is 11.6 Å². The highest BCUT2D eigenvalue weighted by Gasteiger charge is 2.36. The molecule has 126 valence electrons. The topological polar surface area (TPSA) is 73.6 Å². The fourth-order valence-electron chi connectivity index (χ4n) is 2.90. The molecule has 1 fully saturated rings. The number of hydrogen-bond acceptors (Lipinski definition) is 4. The van der Waals surface area contributed by atoms with Crippen LogP contribution in [0.25, 0.3) is 0 Å². The molecule has 24 heavy (non-hydrogen) atoms. The molecule has 1 saturated carbocycles. The van der Waals surface area contributed by atoms with E-state index in [1.165, 1.54) is 0 Å². The highest BCUT2D eigenvalue weighted by atomic mass is 16.5. The van der Waals surface area contributed by atoms with E-state index in [9.17, 15) is 4.79 Å². The molecule has 1 aliphatic rings. The molecule has 0 heterocycles. The molecule has 0 atom stereocenters. The van der Waals surface area contributed by atoms with Crippen LogP contribution in [0.2, 0.25) is 0 Å². The van der Waals surface area contributed by atoms with Crippen LogP contribution in [0.4, 0.5) is 5.69 Å². The van der Waals surface area contributed by atoms with Crippen molar-refractivity contribution in [3.05, 3.63) is 48.5 Å². The molecule has 0 aliphatic heterocycles. The van der Waals surface area contributed by atoms with Crippen LogP contribution in [0, 0.1) is 0 Å². The Morgan fingerprint density at radius 3 is 2.38 bits per heavy atom. The molecule has 3 N–H and O–H groups in total. The van der Waals surface area contributed by atoms with Gasteiger partial charge in [0.2, 0.25) is 5.91 Å². The quantitative estimate of drug-likeness (QED) is 0.878. The number of benzene rings is 2. The summed E-state index contributed by atoms with van der Waals surface area (Å²) in [6, 6.07) is 14.6. The van der Waals surface area contributed by atoms with Crippen molar-refractivity contribution in [2.24, 2.45) is 5.73 Å². The lowest BCUT2D eigenvalue weighted by Gasteiger charge is -2.22. The molecule has 0 saturated heterocycles. The van der Waals surface area contributed by atoms with E-state index in [1.807, 2.05) is 48.5 Å². The van der Waals surface area contributed by atoms with E-state index >= 15 is 0 Å². The second-order valence-electron chi connectivity index (χ2n) is 6.12. The molecular weight excluding hydrogens is 304 g/mol. The van der Waals surface area contributed by atoms with Gasteiger partial charge in [-0.2, -0.15) is 0 Å². The van der Waals surface area contributed by atoms with Crippen LogP contribution in [0.5, 0.6) is 17.2 Å². The predicted octanol–water partition coefficient (Wildman–Crippen LogP) is 3.70. The van der Waals surface area contributed by atoms with Crippen molar-refractivity contribution in [3.63, 3.8) is 0 Å². The van der Waals surface area contributed by atoms with Gasteiger partial charge in [0.25, 0.3) is 0 Å². The zero-order valence-corrected chi connectivity index (χ0v) is 13.7. The summed E-state index contributed by atoms with van der Waals surface area (Å²) in [5.74, 6) is 2.00. The Balaban J connectivity index is 1.63. The van der Waals surface area contributed by atoms with E-state index in [2.05, 4.69) is 5.32 Å². The first-order valence-corrected chi connectivity index (χ1v) is 8.11. The number of amides is 1. The summed E-state index contributed by atoms with van der Waals surface area (Å²) in [6.07, 6.45) is 3.51. The van der Waals surface area contributed by atoms with Gasteiger partial charge >= 0.3 is 0 Å². The third-order valence-electron chi connectivity index (χ3n) is 4.34. The van der Waals surface area contributed by atoms with Crippen LogP contribution in [0.1, 0.15) is 25.7 Å². The minimum Gasteiger partial charge on any atom is -0.497 e. The van der Waals surface area contributed by atoms with E-state index in [1.54, 1.807) is 7.11 Å². The van der Waals surface area contributed by atoms with Gasteiger partial charge in [0.1, 0.15) is 17.2 Å². The molecule has 0 bridgehead atoms. The number of hydrogen-bond donors (Lipinski definition) is 2. The monoisotopic (exact) mass is 326 g/mol. The van der Waals surface area contributed by atoms with Gasteiger partial charge in [-0.05, 0) is 49.2 Å². The van der Waals surface area contributed by atoms with E-state index in [0.29, 0.717) is 11.5 Å². The largest absolute Gasteiger partial charge is 0.497 e. The summed E-state index contributed by atoms with van der Waals surface area (Å²) in [4.78, 5) is 12.3.